The van der Waals surface area contributed by atoms with E-state index in [0.717, 1.165) is 0 Å². The topological polar surface area (TPSA) is 52.3 Å². The number of methoxy groups -OCH3 is 1. The second kappa shape index (κ2) is 4.43. The highest BCUT2D eigenvalue weighted by atomic mass is 127. The van der Waals surface area contributed by atoms with E-state index >= 15 is 0 Å². The highest BCUT2D eigenvalue weighted by Gasteiger charge is 2.18. The lowest BCUT2D eigenvalue weighted by Gasteiger charge is -2.07. The zero-order chi connectivity index (χ0) is 10.9. The fourth-order valence-corrected chi connectivity index (χ4v) is 1.76. The van der Waals surface area contributed by atoms with Crippen molar-refractivity contribution in [3.05, 3.63) is 25.5 Å². The Balaban J connectivity index is 3.40. The number of hydrogen-bond acceptors (Lipinski definition) is 3. The molecule has 0 heterocycles. The minimum Gasteiger partial charge on any atom is -0.465 e. The van der Waals surface area contributed by atoms with Crippen LogP contribution < -0.4 is 5.73 Å². The average Bonchev–Trinajstić information content (AvgIpc) is 2.19. The van der Waals surface area contributed by atoms with Gasteiger partial charge in [0.05, 0.1) is 22.8 Å². The standard InChI is InChI=1S/C8H6BrFINO2/c1-14-8(13)3-2-4(11)5(9)6(10)7(3)12/h2H,12H2,1H3. The number of esters is 1. The molecule has 0 aromatic heterocycles. The number of carbonyl (C=O) groups excluding carboxylic acids is 1. The third kappa shape index (κ3) is 2.00. The number of nitrogens with two attached hydrogens (primary N) is 1. The number of rotatable bonds is 1. The predicted octanol–water partition coefficient (Wildman–Crippen LogP) is 2.56. The monoisotopic (exact) mass is 373 g/mol. The zero-order valence-corrected chi connectivity index (χ0v) is 10.8. The lowest BCUT2D eigenvalue weighted by molar-refractivity contribution is 0.0601. The van der Waals surface area contributed by atoms with Crippen molar-refractivity contribution in [3.8, 4) is 0 Å². The average molecular weight is 374 g/mol. The molecule has 1 aromatic rings. The quantitative estimate of drug-likeness (QED) is 0.356. The summed E-state index contributed by atoms with van der Waals surface area (Å²) in [6.07, 6.45) is 0. The first-order chi connectivity index (χ1) is 6.49. The van der Waals surface area contributed by atoms with Gasteiger partial charge < -0.3 is 10.5 Å². The van der Waals surface area contributed by atoms with Gasteiger partial charge in [0.25, 0.3) is 0 Å². The number of nitrogen functional groups attached to an aromatic ring is 1. The fourth-order valence-electron chi connectivity index (χ4n) is 0.888. The molecule has 3 nitrogen and oxygen atoms in total. The lowest BCUT2D eigenvalue weighted by atomic mass is 10.2. The summed E-state index contributed by atoms with van der Waals surface area (Å²) in [4.78, 5) is 11.2. The summed E-state index contributed by atoms with van der Waals surface area (Å²) in [5.74, 6) is -1.29. The van der Waals surface area contributed by atoms with Crippen molar-refractivity contribution in [3.63, 3.8) is 0 Å². The number of benzene rings is 1. The van der Waals surface area contributed by atoms with Gasteiger partial charge in [0, 0.05) is 3.57 Å². The molecule has 0 bridgehead atoms. The Morgan fingerprint density at radius 3 is 2.79 bits per heavy atom. The molecule has 6 heteroatoms. The van der Waals surface area contributed by atoms with Crippen molar-refractivity contribution < 1.29 is 13.9 Å². The Hall–Kier alpha value is -0.370. The molecule has 1 rings (SSSR count). The minimum absolute atomic E-state index is 0.0394. The van der Waals surface area contributed by atoms with Gasteiger partial charge in [0.1, 0.15) is 0 Å². The number of hydrogen-bond donors (Lipinski definition) is 1. The molecular weight excluding hydrogens is 368 g/mol. The number of anilines is 1. The van der Waals surface area contributed by atoms with Crippen LogP contribution in [0.5, 0.6) is 0 Å². The number of halogens is 3. The van der Waals surface area contributed by atoms with Gasteiger partial charge in [-0.3, -0.25) is 0 Å². The Bertz CT molecular complexity index is 397. The maximum Gasteiger partial charge on any atom is 0.340 e. The van der Waals surface area contributed by atoms with Gasteiger partial charge in [-0.2, -0.15) is 0 Å². The van der Waals surface area contributed by atoms with E-state index in [4.69, 9.17) is 5.73 Å². The SMILES string of the molecule is COC(=O)c1cc(I)c(Br)c(F)c1N. The molecule has 0 aliphatic rings. The van der Waals surface area contributed by atoms with E-state index in [1.54, 1.807) is 0 Å². The highest BCUT2D eigenvalue weighted by Crippen LogP contribution is 2.29. The lowest BCUT2D eigenvalue weighted by Crippen LogP contribution is -2.08. The van der Waals surface area contributed by atoms with Crippen molar-refractivity contribution in [2.75, 3.05) is 12.8 Å². The van der Waals surface area contributed by atoms with Crippen LogP contribution in [0.25, 0.3) is 0 Å². The van der Waals surface area contributed by atoms with Crippen LogP contribution in [-0.2, 0) is 4.74 Å². The Morgan fingerprint density at radius 1 is 1.71 bits per heavy atom. The molecule has 0 fully saturated rings. The van der Waals surface area contributed by atoms with Crippen molar-refractivity contribution in [2.24, 2.45) is 0 Å². The summed E-state index contributed by atoms with van der Waals surface area (Å²) in [5, 5.41) is 0. The molecule has 2 N–H and O–H groups in total. The number of carbonyl (C=O) groups is 1. The van der Waals surface area contributed by atoms with E-state index in [1.165, 1.54) is 13.2 Å². The molecule has 0 unspecified atom stereocenters. The molecule has 0 saturated heterocycles. The normalized spacial score (nSPS) is 10.0. The van der Waals surface area contributed by atoms with Crippen LogP contribution in [0.2, 0.25) is 0 Å². The number of ether oxygens (including phenoxy) is 1. The fraction of sp³-hybridized carbons (Fsp3) is 0.125. The van der Waals surface area contributed by atoms with E-state index in [2.05, 4.69) is 20.7 Å². The van der Waals surface area contributed by atoms with E-state index in [-0.39, 0.29) is 15.7 Å². The Labute approximate surface area is 102 Å². The van der Waals surface area contributed by atoms with Crippen LogP contribution in [0, 0.1) is 9.39 Å². The summed E-state index contributed by atoms with van der Waals surface area (Å²) in [5.41, 5.74) is 5.25. The third-order valence-electron chi connectivity index (χ3n) is 1.61. The van der Waals surface area contributed by atoms with E-state index in [9.17, 15) is 9.18 Å². The molecule has 76 valence electrons. The van der Waals surface area contributed by atoms with Gasteiger partial charge in [-0.05, 0) is 44.6 Å². The van der Waals surface area contributed by atoms with Crippen molar-refractivity contribution in [1.29, 1.82) is 0 Å². The first-order valence-corrected chi connectivity index (χ1v) is 5.37. The molecule has 0 spiro atoms. The Kier molecular flexibility index (Phi) is 3.71. The van der Waals surface area contributed by atoms with E-state index < -0.39 is 11.8 Å². The third-order valence-corrected chi connectivity index (χ3v) is 3.97. The van der Waals surface area contributed by atoms with Crippen molar-refractivity contribution >= 4 is 50.2 Å². The zero-order valence-electron chi connectivity index (χ0n) is 7.11. The van der Waals surface area contributed by atoms with Gasteiger partial charge in [-0.15, -0.1) is 0 Å². The van der Waals surface area contributed by atoms with E-state index in [1.807, 2.05) is 22.6 Å². The van der Waals surface area contributed by atoms with Crippen molar-refractivity contribution in [1.82, 2.24) is 0 Å². The molecule has 0 atom stereocenters. The molecule has 0 radical (unpaired) electrons. The molecular formula is C8H6BrFINO2. The molecule has 0 aliphatic carbocycles. The van der Waals surface area contributed by atoms with Crippen LogP contribution in [-0.4, -0.2) is 13.1 Å². The molecule has 0 aliphatic heterocycles. The van der Waals surface area contributed by atoms with E-state index in [0.29, 0.717) is 3.57 Å². The summed E-state index contributed by atoms with van der Waals surface area (Å²) in [6.45, 7) is 0. The molecule has 0 saturated carbocycles. The van der Waals surface area contributed by atoms with Crippen LogP contribution in [0.4, 0.5) is 10.1 Å². The summed E-state index contributed by atoms with van der Waals surface area (Å²) < 4.78 is 18.6. The predicted molar refractivity (Wildman–Crippen MR) is 62.6 cm³/mol. The summed E-state index contributed by atoms with van der Waals surface area (Å²) in [6, 6.07) is 1.47. The van der Waals surface area contributed by atoms with Gasteiger partial charge in [0.15, 0.2) is 5.82 Å². The summed E-state index contributed by atoms with van der Waals surface area (Å²) in [7, 11) is 1.22. The second-order valence-corrected chi connectivity index (χ2v) is 4.39. The maximum atomic E-state index is 13.4. The first-order valence-electron chi connectivity index (χ1n) is 3.50. The molecule has 1 aromatic carbocycles. The Morgan fingerprint density at radius 2 is 2.29 bits per heavy atom. The first kappa shape index (κ1) is 11.7. The maximum absolute atomic E-state index is 13.4. The molecule has 0 amide bonds. The van der Waals surface area contributed by atoms with Crippen molar-refractivity contribution in [2.45, 2.75) is 0 Å². The van der Waals surface area contributed by atoms with Crippen LogP contribution in [0.3, 0.4) is 0 Å². The summed E-state index contributed by atoms with van der Waals surface area (Å²) >= 11 is 4.91. The van der Waals surface area contributed by atoms with Crippen LogP contribution in [0.1, 0.15) is 10.4 Å². The van der Waals surface area contributed by atoms with Crippen LogP contribution >= 0.6 is 38.5 Å². The highest BCUT2D eigenvalue weighted by molar-refractivity contribution is 14.1. The smallest absolute Gasteiger partial charge is 0.340 e. The second-order valence-electron chi connectivity index (χ2n) is 2.44. The van der Waals surface area contributed by atoms with Gasteiger partial charge in [-0.25, -0.2) is 9.18 Å². The van der Waals surface area contributed by atoms with Gasteiger partial charge in [0.2, 0.25) is 0 Å². The van der Waals surface area contributed by atoms with Gasteiger partial charge >= 0.3 is 5.97 Å². The largest absolute Gasteiger partial charge is 0.465 e. The minimum atomic E-state index is -0.646. The van der Waals surface area contributed by atoms with Gasteiger partial charge in [-0.1, -0.05) is 0 Å². The van der Waals surface area contributed by atoms with Crippen LogP contribution in [0.15, 0.2) is 10.5 Å². The molecule has 14 heavy (non-hydrogen) atoms.